The van der Waals surface area contributed by atoms with Crippen LogP contribution in [0.15, 0.2) is 26.0 Å². The number of carbonyl (C=O) groups is 2. The van der Waals surface area contributed by atoms with Gasteiger partial charge in [-0.2, -0.15) is 0 Å². The van der Waals surface area contributed by atoms with Gasteiger partial charge in [-0.15, -0.1) is 0 Å². The van der Waals surface area contributed by atoms with E-state index in [1.54, 1.807) is 13.2 Å². The predicted octanol–water partition coefficient (Wildman–Crippen LogP) is 5.00. The third kappa shape index (κ3) is 4.68. The molecule has 2 N–H and O–H groups in total. The van der Waals surface area contributed by atoms with Crippen molar-refractivity contribution in [3.63, 3.8) is 0 Å². The first-order valence-electron chi connectivity index (χ1n) is 11.4. The monoisotopic (exact) mass is 455 g/mol. The molecule has 0 aliphatic rings. The summed E-state index contributed by atoms with van der Waals surface area (Å²) in [5.74, 6) is -1.66. The zero-order valence-electron chi connectivity index (χ0n) is 20.4. The second-order valence-electron chi connectivity index (χ2n) is 9.92. The first-order valence-corrected chi connectivity index (χ1v) is 11.4. The molecule has 0 bridgehead atoms. The Morgan fingerprint density at radius 1 is 1.12 bits per heavy atom. The zero-order valence-corrected chi connectivity index (χ0v) is 20.4. The Balaban J connectivity index is 1.97. The molecule has 2 heterocycles. The molecule has 0 fully saturated rings. The average molecular weight is 456 g/mol. The lowest BCUT2D eigenvalue weighted by Gasteiger charge is -2.20. The summed E-state index contributed by atoms with van der Waals surface area (Å²) in [5, 5.41) is 13.8. The van der Waals surface area contributed by atoms with E-state index in [4.69, 9.17) is 8.83 Å². The van der Waals surface area contributed by atoms with Gasteiger partial charge in [0.2, 0.25) is 5.91 Å². The van der Waals surface area contributed by atoms with Gasteiger partial charge >= 0.3 is 11.6 Å². The maximum absolute atomic E-state index is 12.8. The van der Waals surface area contributed by atoms with E-state index >= 15 is 0 Å². The average Bonchev–Trinajstić information content (AvgIpc) is 3.17. The highest BCUT2D eigenvalue weighted by molar-refractivity contribution is 6.00. The minimum absolute atomic E-state index is 0.00248. The number of aliphatic carboxylic acids is 1. The number of nitrogens with one attached hydrogen (secondary N) is 1. The standard InChI is InChI=1S/C26H33NO6/c1-8-13(2)21(24(29)30)27-20(28)10-9-16-14(3)17-11-18-19(26(5,6)7)12-32-22(18)15(4)23(17)33-25(16)31/h11-13,21H,8-10H2,1-7H3,(H,27,28)(H,29,30). The SMILES string of the molecule is CCC(C)C(NC(=O)CCc1c(C)c2cc3c(C(C)(C)C)coc3c(C)c2oc1=O)C(=O)O. The summed E-state index contributed by atoms with van der Waals surface area (Å²) in [4.78, 5) is 36.7. The van der Waals surface area contributed by atoms with Crippen LogP contribution in [0.2, 0.25) is 0 Å². The number of aryl methyl sites for hydroxylation is 2. The second kappa shape index (κ2) is 9.04. The van der Waals surface area contributed by atoms with E-state index in [1.165, 1.54) is 0 Å². The third-order valence-electron chi connectivity index (χ3n) is 6.55. The molecular formula is C26H33NO6. The minimum atomic E-state index is -1.06. The minimum Gasteiger partial charge on any atom is -0.480 e. The highest BCUT2D eigenvalue weighted by Crippen LogP contribution is 2.37. The van der Waals surface area contributed by atoms with E-state index < -0.39 is 23.5 Å². The Labute approximate surface area is 193 Å². The van der Waals surface area contributed by atoms with Gasteiger partial charge in [-0.05, 0) is 43.2 Å². The van der Waals surface area contributed by atoms with Crippen LogP contribution in [0, 0.1) is 19.8 Å². The molecule has 0 aliphatic carbocycles. The fourth-order valence-corrected chi connectivity index (χ4v) is 4.23. The van der Waals surface area contributed by atoms with Gasteiger partial charge in [-0.3, -0.25) is 4.79 Å². The number of carbonyl (C=O) groups excluding carboxylic acids is 1. The number of carboxylic acids is 1. The van der Waals surface area contributed by atoms with Gasteiger partial charge in [-0.25, -0.2) is 9.59 Å². The number of benzene rings is 1. The Morgan fingerprint density at radius 2 is 1.79 bits per heavy atom. The number of fused-ring (bicyclic) bond motifs is 2. The maximum Gasteiger partial charge on any atom is 0.339 e. The molecule has 0 saturated carbocycles. The molecule has 1 aromatic carbocycles. The fraction of sp³-hybridized carbons (Fsp3) is 0.500. The summed E-state index contributed by atoms with van der Waals surface area (Å²) in [5.41, 5.74) is 3.59. The lowest BCUT2D eigenvalue weighted by atomic mass is 9.86. The van der Waals surface area contributed by atoms with Crippen LogP contribution in [0.4, 0.5) is 0 Å². The van der Waals surface area contributed by atoms with Crippen LogP contribution in [0.1, 0.15) is 69.7 Å². The van der Waals surface area contributed by atoms with Crippen LogP contribution in [-0.4, -0.2) is 23.0 Å². The molecular weight excluding hydrogens is 422 g/mol. The summed E-state index contributed by atoms with van der Waals surface area (Å²) >= 11 is 0. The molecule has 3 aromatic rings. The molecule has 0 aliphatic heterocycles. The van der Waals surface area contributed by atoms with Gasteiger partial charge in [0.1, 0.15) is 17.2 Å². The number of hydrogen-bond acceptors (Lipinski definition) is 5. The predicted molar refractivity (Wildman–Crippen MR) is 128 cm³/mol. The fourth-order valence-electron chi connectivity index (χ4n) is 4.23. The van der Waals surface area contributed by atoms with Gasteiger partial charge < -0.3 is 19.3 Å². The molecule has 7 heteroatoms. The molecule has 178 valence electrons. The summed E-state index contributed by atoms with van der Waals surface area (Å²) in [6, 6.07) is 1.04. The van der Waals surface area contributed by atoms with Crippen molar-refractivity contribution in [1.29, 1.82) is 0 Å². The molecule has 2 atom stereocenters. The quantitative estimate of drug-likeness (QED) is 0.485. The van der Waals surface area contributed by atoms with Crippen molar-refractivity contribution in [1.82, 2.24) is 5.32 Å². The lowest BCUT2D eigenvalue weighted by Crippen LogP contribution is -2.45. The van der Waals surface area contributed by atoms with Crippen LogP contribution in [0.25, 0.3) is 21.9 Å². The first-order chi connectivity index (χ1) is 15.4. The van der Waals surface area contributed by atoms with Crippen molar-refractivity contribution in [3.05, 3.63) is 45.0 Å². The van der Waals surface area contributed by atoms with Crippen LogP contribution in [0.5, 0.6) is 0 Å². The van der Waals surface area contributed by atoms with Crippen LogP contribution < -0.4 is 10.9 Å². The molecule has 1 amide bonds. The molecule has 7 nitrogen and oxygen atoms in total. The zero-order chi connectivity index (χ0) is 24.7. The van der Waals surface area contributed by atoms with Gasteiger partial charge in [0.15, 0.2) is 0 Å². The van der Waals surface area contributed by atoms with Crippen LogP contribution >= 0.6 is 0 Å². The van der Waals surface area contributed by atoms with Crippen molar-refractivity contribution in [2.45, 2.75) is 79.2 Å². The Bertz CT molecular complexity index is 1270. The third-order valence-corrected chi connectivity index (χ3v) is 6.55. The van der Waals surface area contributed by atoms with Crippen molar-refractivity contribution in [2.75, 3.05) is 0 Å². The van der Waals surface area contributed by atoms with E-state index in [9.17, 15) is 19.5 Å². The molecule has 2 aromatic heterocycles. The number of carboxylic acid groups (broad SMARTS) is 1. The first kappa shape index (κ1) is 24.6. The largest absolute Gasteiger partial charge is 0.480 e. The molecule has 2 unspecified atom stereocenters. The van der Waals surface area contributed by atoms with Gasteiger partial charge in [0.05, 0.1) is 6.26 Å². The number of amides is 1. The highest BCUT2D eigenvalue weighted by Gasteiger charge is 2.26. The van der Waals surface area contributed by atoms with Crippen molar-refractivity contribution in [3.8, 4) is 0 Å². The van der Waals surface area contributed by atoms with Crippen LogP contribution in [0.3, 0.4) is 0 Å². The molecule has 3 rings (SSSR count). The Hall–Kier alpha value is -3.09. The summed E-state index contributed by atoms with van der Waals surface area (Å²) in [7, 11) is 0. The highest BCUT2D eigenvalue weighted by atomic mass is 16.4. The van der Waals surface area contributed by atoms with E-state index in [1.807, 2.05) is 26.8 Å². The second-order valence-corrected chi connectivity index (χ2v) is 9.92. The Kier molecular flexibility index (Phi) is 6.73. The number of hydrogen-bond donors (Lipinski definition) is 2. The van der Waals surface area contributed by atoms with Gasteiger partial charge in [-0.1, -0.05) is 41.0 Å². The van der Waals surface area contributed by atoms with Gasteiger partial charge in [0, 0.05) is 33.9 Å². The normalized spacial score (nSPS) is 13.9. The molecule has 0 radical (unpaired) electrons. The van der Waals surface area contributed by atoms with Crippen molar-refractivity contribution < 1.29 is 23.5 Å². The van der Waals surface area contributed by atoms with E-state index in [0.717, 1.165) is 27.5 Å². The summed E-state index contributed by atoms with van der Waals surface area (Å²) < 4.78 is 11.5. The van der Waals surface area contributed by atoms with Crippen molar-refractivity contribution in [2.24, 2.45) is 5.92 Å². The van der Waals surface area contributed by atoms with Crippen molar-refractivity contribution >= 4 is 33.8 Å². The lowest BCUT2D eigenvalue weighted by molar-refractivity contribution is -0.143. The summed E-state index contributed by atoms with van der Waals surface area (Å²) in [6.07, 6.45) is 2.54. The van der Waals surface area contributed by atoms with Gasteiger partial charge in [0.25, 0.3) is 0 Å². The summed E-state index contributed by atoms with van der Waals surface area (Å²) in [6.45, 7) is 13.7. The van der Waals surface area contributed by atoms with E-state index in [-0.39, 0.29) is 24.2 Å². The van der Waals surface area contributed by atoms with Crippen LogP contribution in [-0.2, 0) is 21.4 Å². The van der Waals surface area contributed by atoms with E-state index in [2.05, 4.69) is 26.1 Å². The number of furan rings is 1. The van der Waals surface area contributed by atoms with E-state index in [0.29, 0.717) is 23.2 Å². The molecule has 0 saturated heterocycles. The molecule has 33 heavy (non-hydrogen) atoms. The maximum atomic E-state index is 12.8. The molecule has 0 spiro atoms. The number of rotatable bonds is 7. The smallest absolute Gasteiger partial charge is 0.339 e. The Morgan fingerprint density at radius 3 is 2.36 bits per heavy atom. The topological polar surface area (TPSA) is 110 Å².